The Bertz CT molecular complexity index is 1070. The van der Waals surface area contributed by atoms with Gasteiger partial charge in [-0.1, -0.05) is 18.9 Å². The second-order valence-corrected chi connectivity index (χ2v) is 11.8. The Labute approximate surface area is 229 Å². The summed E-state index contributed by atoms with van der Waals surface area (Å²) in [6, 6.07) is 3.77. The van der Waals surface area contributed by atoms with E-state index in [2.05, 4.69) is 20.5 Å². The van der Waals surface area contributed by atoms with Gasteiger partial charge in [0.25, 0.3) is 0 Å². The van der Waals surface area contributed by atoms with Crippen molar-refractivity contribution in [1.82, 2.24) is 20.1 Å². The highest BCUT2D eigenvalue weighted by Gasteiger charge is 2.22. The van der Waals surface area contributed by atoms with Gasteiger partial charge in [0, 0.05) is 37.1 Å². The predicted octanol–water partition coefficient (Wildman–Crippen LogP) is 5.32. The Balaban J connectivity index is 1.60. The summed E-state index contributed by atoms with van der Waals surface area (Å²) in [4.78, 5) is 46.4. The van der Waals surface area contributed by atoms with Gasteiger partial charge in [-0.15, -0.1) is 11.3 Å². The van der Waals surface area contributed by atoms with Crippen molar-refractivity contribution in [2.75, 3.05) is 32.5 Å². The molecule has 1 aliphatic carbocycles. The van der Waals surface area contributed by atoms with Gasteiger partial charge in [-0.3, -0.25) is 15.1 Å². The number of anilines is 1. The number of ketones is 1. The van der Waals surface area contributed by atoms with Crippen LogP contribution in [0.25, 0.3) is 0 Å². The maximum Gasteiger partial charge on any atom is 0.412 e. The van der Waals surface area contributed by atoms with Crippen molar-refractivity contribution in [1.29, 1.82) is 0 Å². The summed E-state index contributed by atoms with van der Waals surface area (Å²) in [7, 11) is 4.05. The second-order valence-electron chi connectivity index (χ2n) is 11.1. The first-order chi connectivity index (χ1) is 18.0. The van der Waals surface area contributed by atoms with E-state index in [1.165, 1.54) is 11.3 Å². The quantitative estimate of drug-likeness (QED) is 0.372. The summed E-state index contributed by atoms with van der Waals surface area (Å²) in [6.07, 6.45) is 6.49. The SMILES string of the molecule is CN(C)CCCN(Cc1ccc(C(=O)Cc2cscc2NC(=O)OC(C)(C)C)nc1)C(=O)NC1CCCC1. The summed E-state index contributed by atoms with van der Waals surface area (Å²) in [5.41, 5.74) is 1.89. The molecule has 208 valence electrons. The molecule has 2 aromatic heterocycles. The van der Waals surface area contributed by atoms with Gasteiger partial charge < -0.3 is 19.9 Å². The van der Waals surface area contributed by atoms with E-state index in [4.69, 9.17) is 4.74 Å². The van der Waals surface area contributed by atoms with Gasteiger partial charge in [0.2, 0.25) is 0 Å². The number of nitrogens with zero attached hydrogens (tertiary/aromatic N) is 3. The maximum absolute atomic E-state index is 13.0. The molecular weight excluding hydrogens is 502 g/mol. The third-order valence-electron chi connectivity index (χ3n) is 6.22. The molecule has 0 unspecified atom stereocenters. The van der Waals surface area contributed by atoms with Crippen molar-refractivity contribution < 1.29 is 19.1 Å². The van der Waals surface area contributed by atoms with Crippen LogP contribution in [0.3, 0.4) is 0 Å². The number of ether oxygens (including phenoxy) is 1. The van der Waals surface area contributed by atoms with Crippen molar-refractivity contribution in [2.45, 2.75) is 77.5 Å². The lowest BCUT2D eigenvalue weighted by Crippen LogP contribution is -2.44. The van der Waals surface area contributed by atoms with Gasteiger partial charge in [0.1, 0.15) is 11.3 Å². The first-order valence-electron chi connectivity index (χ1n) is 13.2. The fraction of sp³-hybridized carbons (Fsp3) is 0.571. The van der Waals surface area contributed by atoms with E-state index in [0.29, 0.717) is 30.0 Å². The highest BCUT2D eigenvalue weighted by molar-refractivity contribution is 7.08. The van der Waals surface area contributed by atoms with Crippen LogP contribution < -0.4 is 10.6 Å². The largest absolute Gasteiger partial charge is 0.444 e. The minimum Gasteiger partial charge on any atom is -0.444 e. The molecule has 0 aromatic carbocycles. The number of pyridine rings is 1. The molecule has 3 amide bonds. The van der Waals surface area contributed by atoms with Crippen molar-refractivity contribution >= 4 is 34.9 Å². The maximum atomic E-state index is 13.0. The fourth-order valence-electron chi connectivity index (χ4n) is 4.32. The third kappa shape index (κ3) is 9.72. The van der Waals surface area contributed by atoms with Crippen LogP contribution in [0.2, 0.25) is 0 Å². The lowest BCUT2D eigenvalue weighted by atomic mass is 10.1. The van der Waals surface area contributed by atoms with Crippen LogP contribution in [0.5, 0.6) is 0 Å². The molecular formula is C28H41N5O4S. The average Bonchev–Trinajstić information content (AvgIpc) is 3.49. The zero-order chi connectivity index (χ0) is 27.7. The van der Waals surface area contributed by atoms with Crippen LogP contribution in [0.4, 0.5) is 15.3 Å². The van der Waals surface area contributed by atoms with E-state index in [1.54, 1.807) is 38.4 Å². The normalized spacial score (nSPS) is 13.9. The smallest absolute Gasteiger partial charge is 0.412 e. The van der Waals surface area contributed by atoms with Crippen molar-refractivity contribution in [3.8, 4) is 0 Å². The molecule has 3 rings (SSSR count). The Morgan fingerprint density at radius 1 is 1.11 bits per heavy atom. The number of amides is 3. The lowest BCUT2D eigenvalue weighted by Gasteiger charge is -2.26. The summed E-state index contributed by atoms with van der Waals surface area (Å²) in [5, 5.41) is 9.53. The number of Topliss-reactive ketones (excluding diaryl/α,β-unsaturated/α-hetero) is 1. The molecule has 2 N–H and O–H groups in total. The first-order valence-corrected chi connectivity index (χ1v) is 14.2. The molecule has 0 saturated heterocycles. The number of nitrogens with one attached hydrogen (secondary N) is 2. The van der Waals surface area contributed by atoms with Crippen molar-refractivity contribution in [3.63, 3.8) is 0 Å². The van der Waals surface area contributed by atoms with Gasteiger partial charge in [-0.05, 0) is 83.2 Å². The van der Waals surface area contributed by atoms with Crippen LogP contribution in [-0.4, -0.2) is 71.5 Å². The minimum atomic E-state index is -0.610. The second kappa shape index (κ2) is 13.7. The lowest BCUT2D eigenvalue weighted by molar-refractivity contribution is 0.0635. The molecule has 0 aliphatic heterocycles. The molecule has 1 fully saturated rings. The van der Waals surface area contributed by atoms with E-state index in [0.717, 1.165) is 44.2 Å². The topological polar surface area (TPSA) is 104 Å². The Morgan fingerprint density at radius 2 is 1.84 bits per heavy atom. The van der Waals surface area contributed by atoms with E-state index < -0.39 is 11.7 Å². The van der Waals surface area contributed by atoms with Crippen molar-refractivity contribution in [2.24, 2.45) is 0 Å². The van der Waals surface area contributed by atoms with Gasteiger partial charge >= 0.3 is 12.1 Å². The Kier molecular flexibility index (Phi) is 10.7. The van der Waals surface area contributed by atoms with E-state index in [1.807, 2.05) is 30.4 Å². The van der Waals surface area contributed by atoms with E-state index >= 15 is 0 Å². The highest BCUT2D eigenvalue weighted by atomic mass is 32.1. The molecule has 38 heavy (non-hydrogen) atoms. The molecule has 9 nitrogen and oxygen atoms in total. The molecule has 2 heterocycles. The van der Waals surface area contributed by atoms with E-state index in [9.17, 15) is 14.4 Å². The van der Waals surface area contributed by atoms with Crippen molar-refractivity contribution in [3.05, 3.63) is 45.9 Å². The first kappa shape index (κ1) is 29.6. The minimum absolute atomic E-state index is 0.0433. The number of carbonyl (C=O) groups is 3. The Morgan fingerprint density at radius 3 is 2.47 bits per heavy atom. The standard InChI is InChI=1S/C28H41N5O4S/c1-28(2,3)37-27(36)31-24-19-38-18-21(24)15-25(34)23-12-11-20(16-29-23)17-33(14-8-13-32(4)5)26(35)30-22-9-6-7-10-22/h11-12,16,18-19,22H,6-10,13-15,17H2,1-5H3,(H,30,35)(H,31,36). The summed E-state index contributed by atoms with van der Waals surface area (Å²) < 4.78 is 5.31. The molecule has 0 bridgehead atoms. The molecule has 0 atom stereocenters. The number of aromatic nitrogens is 1. The van der Waals surface area contributed by atoms with Gasteiger partial charge in [-0.2, -0.15) is 0 Å². The number of carbonyl (C=O) groups excluding carboxylic acids is 3. The fourth-order valence-corrected chi connectivity index (χ4v) is 5.11. The van der Waals surface area contributed by atoms with Gasteiger partial charge in [0.05, 0.1) is 5.69 Å². The summed E-state index contributed by atoms with van der Waals surface area (Å²) in [5.74, 6) is -0.149. The zero-order valence-electron chi connectivity index (χ0n) is 23.2. The molecule has 0 radical (unpaired) electrons. The molecule has 1 aliphatic rings. The number of urea groups is 1. The highest BCUT2D eigenvalue weighted by Crippen LogP contribution is 2.24. The predicted molar refractivity (Wildman–Crippen MR) is 151 cm³/mol. The zero-order valence-corrected chi connectivity index (χ0v) is 24.0. The number of hydrogen-bond acceptors (Lipinski definition) is 7. The Hall–Kier alpha value is -2.98. The van der Waals surface area contributed by atoms with Crippen LogP contribution in [-0.2, 0) is 17.7 Å². The average molecular weight is 544 g/mol. The molecule has 10 heteroatoms. The number of thiophene rings is 1. The van der Waals surface area contributed by atoms with Crippen LogP contribution >= 0.6 is 11.3 Å². The molecule has 0 spiro atoms. The number of rotatable bonds is 11. The monoisotopic (exact) mass is 543 g/mol. The number of hydrogen-bond donors (Lipinski definition) is 2. The molecule has 2 aromatic rings. The van der Waals surface area contributed by atoms with Gasteiger partial charge in [-0.25, -0.2) is 9.59 Å². The summed E-state index contributed by atoms with van der Waals surface area (Å²) >= 11 is 1.41. The summed E-state index contributed by atoms with van der Waals surface area (Å²) in [6.45, 7) is 7.36. The van der Waals surface area contributed by atoms with E-state index in [-0.39, 0.29) is 24.3 Å². The van der Waals surface area contributed by atoms with Gasteiger partial charge in [0.15, 0.2) is 5.78 Å². The van der Waals surface area contributed by atoms with Crippen LogP contribution in [0, 0.1) is 0 Å². The van der Waals surface area contributed by atoms with Crippen LogP contribution in [0.15, 0.2) is 29.1 Å². The third-order valence-corrected chi connectivity index (χ3v) is 7.01. The van der Waals surface area contributed by atoms with Crippen LogP contribution in [0.1, 0.15) is 74.5 Å². The molecule has 1 saturated carbocycles.